The van der Waals surface area contributed by atoms with Crippen molar-refractivity contribution in [2.45, 2.75) is 39.7 Å². The van der Waals surface area contributed by atoms with E-state index in [0.29, 0.717) is 27.8 Å². The predicted octanol–water partition coefficient (Wildman–Crippen LogP) is 6.23. The van der Waals surface area contributed by atoms with Crippen molar-refractivity contribution in [3.05, 3.63) is 52.7 Å². The summed E-state index contributed by atoms with van der Waals surface area (Å²) in [6, 6.07) is 12.7. The van der Waals surface area contributed by atoms with Gasteiger partial charge in [-0.15, -0.1) is 0 Å². The molecule has 1 N–H and O–H groups in total. The molecule has 5 rings (SSSR count). The van der Waals surface area contributed by atoms with E-state index in [0.717, 1.165) is 35.4 Å². The average Bonchev–Trinajstić information content (AvgIpc) is 3.42. The first-order chi connectivity index (χ1) is 16.1. The lowest BCUT2D eigenvalue weighted by molar-refractivity contribution is 0.578. The highest BCUT2D eigenvalue weighted by atomic mass is 32.1. The van der Waals surface area contributed by atoms with Crippen molar-refractivity contribution >= 4 is 38.9 Å². The van der Waals surface area contributed by atoms with Gasteiger partial charge < -0.3 is 10.2 Å². The maximum absolute atomic E-state index is 13.4. The summed E-state index contributed by atoms with van der Waals surface area (Å²) in [5, 5.41) is 19.6. The molecule has 1 saturated heterocycles. The van der Waals surface area contributed by atoms with E-state index in [1.807, 2.05) is 4.68 Å². The molecule has 6 nitrogen and oxygen atoms in total. The third kappa shape index (κ3) is 4.05. The van der Waals surface area contributed by atoms with Crippen LogP contribution in [0, 0.1) is 24.1 Å². The van der Waals surface area contributed by atoms with Crippen LogP contribution in [0.3, 0.4) is 0 Å². The number of hydrogen-bond donors (Lipinski definition) is 1. The lowest BCUT2D eigenvalue weighted by atomic mass is 10.1. The second-order valence-corrected chi connectivity index (χ2v) is 9.31. The number of aromatic nitrogens is 3. The van der Waals surface area contributed by atoms with Gasteiger partial charge in [0, 0.05) is 36.3 Å². The minimum atomic E-state index is -0.316. The van der Waals surface area contributed by atoms with Crippen LogP contribution in [0.5, 0.6) is 0 Å². The molecular weight excluding hydrogens is 435 g/mol. The van der Waals surface area contributed by atoms with Gasteiger partial charge in [0.2, 0.25) is 0 Å². The highest BCUT2D eigenvalue weighted by Crippen LogP contribution is 2.36. The molecule has 0 saturated carbocycles. The van der Waals surface area contributed by atoms with E-state index in [2.05, 4.69) is 47.3 Å². The number of nitriles is 1. The monoisotopic (exact) mass is 460 g/mol. The number of anilines is 3. The van der Waals surface area contributed by atoms with Crippen molar-refractivity contribution in [1.29, 1.82) is 5.26 Å². The van der Waals surface area contributed by atoms with E-state index in [4.69, 9.17) is 5.10 Å². The molecule has 168 valence electrons. The Bertz CT molecular complexity index is 1340. The molecule has 33 heavy (non-hydrogen) atoms. The van der Waals surface area contributed by atoms with Crippen molar-refractivity contribution in [2.75, 3.05) is 23.3 Å². The van der Waals surface area contributed by atoms with Gasteiger partial charge >= 0.3 is 0 Å². The summed E-state index contributed by atoms with van der Waals surface area (Å²) in [7, 11) is 0. The molecule has 3 heterocycles. The molecule has 0 spiro atoms. The number of thiazole rings is 1. The van der Waals surface area contributed by atoms with Crippen LogP contribution in [0.4, 0.5) is 21.0 Å². The van der Waals surface area contributed by atoms with Gasteiger partial charge in [0.25, 0.3) is 0 Å². The molecule has 0 atom stereocenters. The van der Waals surface area contributed by atoms with Gasteiger partial charge in [-0.2, -0.15) is 10.4 Å². The lowest BCUT2D eigenvalue weighted by Gasteiger charge is -2.29. The van der Waals surface area contributed by atoms with Crippen LogP contribution in [0.25, 0.3) is 22.2 Å². The average molecular weight is 461 g/mol. The van der Waals surface area contributed by atoms with Gasteiger partial charge in [-0.25, -0.2) is 14.1 Å². The van der Waals surface area contributed by atoms with E-state index in [-0.39, 0.29) is 5.82 Å². The number of halogens is 1. The Labute approximate surface area is 196 Å². The second-order valence-electron chi connectivity index (χ2n) is 8.31. The molecule has 0 bridgehead atoms. The van der Waals surface area contributed by atoms with Crippen LogP contribution < -0.4 is 10.2 Å². The zero-order chi connectivity index (χ0) is 22.9. The maximum Gasteiger partial charge on any atom is 0.190 e. The molecular formula is C25H25FN6S. The van der Waals surface area contributed by atoms with Crippen molar-refractivity contribution in [3.8, 4) is 17.3 Å². The van der Waals surface area contributed by atoms with Gasteiger partial charge in [-0.3, -0.25) is 0 Å². The number of nitrogens with one attached hydrogen (secondary N) is 1. The van der Waals surface area contributed by atoms with Crippen molar-refractivity contribution in [2.24, 2.45) is 0 Å². The van der Waals surface area contributed by atoms with Crippen LogP contribution in [0.15, 0.2) is 36.4 Å². The third-order valence-corrected chi connectivity index (χ3v) is 6.99. The highest BCUT2D eigenvalue weighted by molar-refractivity contribution is 7.16. The number of nitrogens with zero attached hydrogens (tertiary/aromatic N) is 5. The van der Waals surface area contributed by atoms with E-state index in [9.17, 15) is 9.65 Å². The van der Waals surface area contributed by atoms with E-state index in [1.54, 1.807) is 12.1 Å². The molecule has 0 amide bonds. The summed E-state index contributed by atoms with van der Waals surface area (Å²) in [5.41, 5.74) is 4.61. The molecule has 2 aromatic carbocycles. The molecule has 2 aromatic heterocycles. The summed E-state index contributed by atoms with van der Waals surface area (Å²) in [6.45, 7) is 7.03. The van der Waals surface area contributed by atoms with Gasteiger partial charge in [0.05, 0.1) is 5.52 Å². The second kappa shape index (κ2) is 8.83. The standard InChI is InChI=1S/C25H25FN6S/c1-3-32-24(20-14-19(13-16(2)22(20)30-32)31-11-5-4-6-12-31)29-25-28-23(21(15-27)33-25)17-7-9-18(26)10-8-17/h7-10,13-14H,3-6,11-12H2,1-2H3,(H,28,29). The first kappa shape index (κ1) is 21.4. The maximum atomic E-state index is 13.4. The summed E-state index contributed by atoms with van der Waals surface area (Å²) in [4.78, 5) is 7.62. The van der Waals surface area contributed by atoms with E-state index in [1.165, 1.54) is 48.4 Å². The fourth-order valence-corrected chi connectivity index (χ4v) is 5.22. The molecule has 0 unspecified atom stereocenters. The van der Waals surface area contributed by atoms with Gasteiger partial charge in [0.15, 0.2) is 5.13 Å². The van der Waals surface area contributed by atoms with Crippen LogP contribution >= 0.6 is 11.3 Å². The van der Waals surface area contributed by atoms with Crippen molar-refractivity contribution in [1.82, 2.24) is 14.8 Å². The van der Waals surface area contributed by atoms with Crippen molar-refractivity contribution in [3.63, 3.8) is 0 Å². The highest BCUT2D eigenvalue weighted by Gasteiger charge is 2.20. The Morgan fingerprint density at radius 3 is 2.61 bits per heavy atom. The minimum absolute atomic E-state index is 0.316. The van der Waals surface area contributed by atoms with E-state index >= 15 is 0 Å². The molecule has 4 aromatic rings. The Balaban J connectivity index is 1.56. The van der Waals surface area contributed by atoms with Crippen LogP contribution in [-0.4, -0.2) is 27.9 Å². The largest absolute Gasteiger partial charge is 0.372 e. The number of rotatable bonds is 5. The smallest absolute Gasteiger partial charge is 0.190 e. The topological polar surface area (TPSA) is 69.8 Å². The fourth-order valence-electron chi connectivity index (χ4n) is 4.43. The molecule has 0 radical (unpaired) electrons. The van der Waals surface area contributed by atoms with Crippen LogP contribution in [-0.2, 0) is 6.54 Å². The van der Waals surface area contributed by atoms with Gasteiger partial charge in [0.1, 0.15) is 28.3 Å². The first-order valence-electron chi connectivity index (χ1n) is 11.3. The number of hydrogen-bond acceptors (Lipinski definition) is 6. The number of aryl methyl sites for hydroxylation is 2. The van der Waals surface area contributed by atoms with Crippen LogP contribution in [0.2, 0.25) is 0 Å². The molecule has 0 aliphatic carbocycles. The predicted molar refractivity (Wildman–Crippen MR) is 132 cm³/mol. The SMILES string of the molecule is CCn1nc2c(C)cc(N3CCCCC3)cc2c1Nc1nc(-c2ccc(F)cc2)c(C#N)s1. The molecule has 1 aliphatic heterocycles. The Morgan fingerprint density at radius 2 is 1.91 bits per heavy atom. The third-order valence-electron chi connectivity index (χ3n) is 6.11. The fraction of sp³-hybridized carbons (Fsp3) is 0.320. The van der Waals surface area contributed by atoms with Crippen molar-refractivity contribution < 1.29 is 4.39 Å². The van der Waals surface area contributed by atoms with Gasteiger partial charge in [-0.1, -0.05) is 11.3 Å². The Morgan fingerprint density at radius 1 is 1.15 bits per heavy atom. The molecule has 1 aliphatic rings. The summed E-state index contributed by atoms with van der Waals surface area (Å²) < 4.78 is 15.3. The van der Waals surface area contributed by atoms with E-state index < -0.39 is 0 Å². The zero-order valence-electron chi connectivity index (χ0n) is 18.7. The normalized spacial score (nSPS) is 13.9. The van der Waals surface area contributed by atoms with Crippen LogP contribution in [0.1, 0.15) is 36.6 Å². The molecule has 1 fully saturated rings. The summed E-state index contributed by atoms with van der Waals surface area (Å²) in [6.07, 6.45) is 3.73. The number of piperidine rings is 1. The number of fused-ring (bicyclic) bond motifs is 1. The lowest BCUT2D eigenvalue weighted by Crippen LogP contribution is -2.29. The first-order valence-corrected chi connectivity index (χ1v) is 12.1. The Kier molecular flexibility index (Phi) is 5.73. The minimum Gasteiger partial charge on any atom is -0.372 e. The molecule has 8 heteroatoms. The number of benzene rings is 2. The van der Waals surface area contributed by atoms with Gasteiger partial charge in [-0.05, 0) is 75.1 Å². The summed E-state index contributed by atoms with van der Waals surface area (Å²) in [5.74, 6) is 0.558. The Hall–Kier alpha value is -3.44. The zero-order valence-corrected chi connectivity index (χ0v) is 19.5. The summed E-state index contributed by atoms with van der Waals surface area (Å²) >= 11 is 1.29. The quantitative estimate of drug-likeness (QED) is 0.382.